The van der Waals surface area contributed by atoms with E-state index in [2.05, 4.69) is 0 Å². The number of benzene rings is 1. The average Bonchev–Trinajstić information content (AvgIpc) is 2.91. The summed E-state index contributed by atoms with van der Waals surface area (Å²) in [4.78, 5) is 13.6. The van der Waals surface area contributed by atoms with Gasteiger partial charge in [-0.2, -0.15) is 0 Å². The van der Waals surface area contributed by atoms with Gasteiger partial charge < -0.3 is 9.32 Å². The SMILES string of the molecule is Cc1ccc(Cl)cc1N(Cc1ccco1)C(=O)CCl. The lowest BCUT2D eigenvalue weighted by Gasteiger charge is -2.23. The molecule has 19 heavy (non-hydrogen) atoms. The number of aryl methyl sites for hydroxylation is 1. The first-order valence-electron chi connectivity index (χ1n) is 5.76. The number of hydrogen-bond donors (Lipinski definition) is 0. The number of carbonyl (C=O) groups is 1. The highest BCUT2D eigenvalue weighted by molar-refractivity contribution is 6.31. The zero-order valence-corrected chi connectivity index (χ0v) is 11.9. The van der Waals surface area contributed by atoms with Gasteiger partial charge in [-0.25, -0.2) is 0 Å². The first-order chi connectivity index (χ1) is 9.11. The molecule has 2 aromatic rings. The number of rotatable bonds is 4. The van der Waals surface area contributed by atoms with Crippen molar-refractivity contribution in [3.63, 3.8) is 0 Å². The van der Waals surface area contributed by atoms with Crippen LogP contribution in [0.2, 0.25) is 5.02 Å². The molecule has 0 saturated heterocycles. The van der Waals surface area contributed by atoms with Gasteiger partial charge in [0, 0.05) is 10.7 Å². The molecular formula is C14H13Cl2NO2. The highest BCUT2D eigenvalue weighted by atomic mass is 35.5. The Hall–Kier alpha value is -1.45. The highest BCUT2D eigenvalue weighted by Gasteiger charge is 2.18. The topological polar surface area (TPSA) is 33.5 Å². The molecule has 0 aliphatic carbocycles. The van der Waals surface area contributed by atoms with Crippen molar-refractivity contribution in [3.8, 4) is 0 Å². The minimum atomic E-state index is -0.191. The Morgan fingerprint density at radius 2 is 2.16 bits per heavy atom. The van der Waals surface area contributed by atoms with Crippen LogP contribution in [-0.4, -0.2) is 11.8 Å². The molecule has 1 aromatic carbocycles. The minimum absolute atomic E-state index is 0.0906. The number of nitrogens with zero attached hydrogens (tertiary/aromatic N) is 1. The van der Waals surface area contributed by atoms with E-state index in [1.807, 2.05) is 19.1 Å². The Morgan fingerprint density at radius 1 is 1.37 bits per heavy atom. The molecule has 0 N–H and O–H groups in total. The monoisotopic (exact) mass is 297 g/mol. The van der Waals surface area contributed by atoms with Crippen LogP contribution in [0.25, 0.3) is 0 Å². The Morgan fingerprint density at radius 3 is 2.79 bits per heavy atom. The second kappa shape index (κ2) is 6.13. The van der Waals surface area contributed by atoms with Crippen molar-refractivity contribution in [2.75, 3.05) is 10.8 Å². The largest absolute Gasteiger partial charge is 0.467 e. The molecule has 0 spiro atoms. The lowest BCUT2D eigenvalue weighted by molar-refractivity contribution is -0.116. The number of hydrogen-bond acceptors (Lipinski definition) is 2. The number of halogens is 2. The smallest absolute Gasteiger partial charge is 0.242 e. The predicted octanol–water partition coefficient (Wildman–Crippen LogP) is 4.01. The van der Waals surface area contributed by atoms with Crippen molar-refractivity contribution in [1.29, 1.82) is 0 Å². The molecular weight excluding hydrogens is 285 g/mol. The van der Waals surface area contributed by atoms with Crippen LogP contribution in [0.3, 0.4) is 0 Å². The van der Waals surface area contributed by atoms with E-state index in [-0.39, 0.29) is 11.8 Å². The Bertz CT molecular complexity index is 567. The number of amides is 1. The standard InChI is InChI=1S/C14H13Cl2NO2/c1-10-4-5-11(16)7-13(10)17(14(18)8-15)9-12-3-2-6-19-12/h2-7H,8-9H2,1H3. The van der Waals surface area contributed by atoms with Gasteiger partial charge in [0.2, 0.25) is 5.91 Å². The zero-order valence-electron chi connectivity index (χ0n) is 10.4. The van der Waals surface area contributed by atoms with Gasteiger partial charge in [0.25, 0.3) is 0 Å². The number of alkyl halides is 1. The Labute approximate surface area is 121 Å². The van der Waals surface area contributed by atoms with E-state index in [1.54, 1.807) is 29.4 Å². The summed E-state index contributed by atoms with van der Waals surface area (Å²) in [6, 6.07) is 9.01. The third-order valence-electron chi connectivity index (χ3n) is 2.77. The maximum absolute atomic E-state index is 12.0. The van der Waals surface area contributed by atoms with E-state index in [9.17, 15) is 4.79 Å². The third kappa shape index (κ3) is 3.31. The molecule has 100 valence electrons. The van der Waals surface area contributed by atoms with Gasteiger partial charge in [0.15, 0.2) is 0 Å². The molecule has 0 unspecified atom stereocenters. The Balaban J connectivity index is 2.36. The molecule has 2 rings (SSSR count). The van der Waals surface area contributed by atoms with E-state index in [0.717, 1.165) is 11.3 Å². The summed E-state index contributed by atoms with van der Waals surface area (Å²) in [5.74, 6) is 0.411. The summed E-state index contributed by atoms with van der Waals surface area (Å²) in [7, 11) is 0. The number of carbonyl (C=O) groups excluding carboxylic acids is 1. The van der Waals surface area contributed by atoms with Crippen molar-refractivity contribution >= 4 is 34.8 Å². The second-order valence-corrected chi connectivity index (χ2v) is 4.83. The molecule has 1 amide bonds. The maximum atomic E-state index is 12.0. The lowest BCUT2D eigenvalue weighted by atomic mass is 10.1. The normalized spacial score (nSPS) is 10.5. The second-order valence-electron chi connectivity index (χ2n) is 4.12. The van der Waals surface area contributed by atoms with Crippen LogP contribution in [0.15, 0.2) is 41.0 Å². The molecule has 0 aliphatic rings. The molecule has 0 radical (unpaired) electrons. The quantitative estimate of drug-likeness (QED) is 0.799. The zero-order chi connectivity index (χ0) is 13.8. The fraction of sp³-hybridized carbons (Fsp3) is 0.214. The highest BCUT2D eigenvalue weighted by Crippen LogP contribution is 2.26. The van der Waals surface area contributed by atoms with Gasteiger partial charge >= 0.3 is 0 Å². The fourth-order valence-corrected chi connectivity index (χ4v) is 2.12. The van der Waals surface area contributed by atoms with Crippen LogP contribution >= 0.6 is 23.2 Å². The van der Waals surface area contributed by atoms with Gasteiger partial charge in [0.1, 0.15) is 11.6 Å². The molecule has 0 aliphatic heterocycles. The van der Waals surface area contributed by atoms with Gasteiger partial charge in [-0.15, -0.1) is 11.6 Å². The van der Waals surface area contributed by atoms with E-state index in [1.165, 1.54) is 0 Å². The number of anilines is 1. The summed E-state index contributed by atoms with van der Waals surface area (Å²) in [6.45, 7) is 2.25. The molecule has 0 bridgehead atoms. The van der Waals surface area contributed by atoms with Gasteiger partial charge in [0.05, 0.1) is 12.8 Å². The van der Waals surface area contributed by atoms with Crippen LogP contribution in [0.1, 0.15) is 11.3 Å². The van der Waals surface area contributed by atoms with E-state index in [4.69, 9.17) is 27.6 Å². The van der Waals surface area contributed by atoms with Crippen LogP contribution in [0, 0.1) is 6.92 Å². The molecule has 0 saturated carbocycles. The molecule has 5 heteroatoms. The molecule has 0 atom stereocenters. The summed E-state index contributed by atoms with van der Waals surface area (Å²) in [6.07, 6.45) is 1.57. The van der Waals surface area contributed by atoms with Crippen LogP contribution in [0.5, 0.6) is 0 Å². The maximum Gasteiger partial charge on any atom is 0.242 e. The van der Waals surface area contributed by atoms with Gasteiger partial charge in [-0.3, -0.25) is 4.79 Å². The van der Waals surface area contributed by atoms with E-state index >= 15 is 0 Å². The van der Waals surface area contributed by atoms with E-state index < -0.39 is 0 Å². The molecule has 1 aromatic heterocycles. The summed E-state index contributed by atoms with van der Waals surface area (Å²) >= 11 is 11.7. The Kier molecular flexibility index (Phi) is 4.51. The van der Waals surface area contributed by atoms with E-state index in [0.29, 0.717) is 17.3 Å². The summed E-state index contributed by atoms with van der Waals surface area (Å²) in [5.41, 5.74) is 1.70. The molecule has 0 fully saturated rings. The van der Waals surface area contributed by atoms with Crippen molar-refractivity contribution in [2.24, 2.45) is 0 Å². The summed E-state index contributed by atoms with van der Waals surface area (Å²) < 4.78 is 5.28. The first kappa shape index (κ1) is 14.0. The van der Waals surface area contributed by atoms with Gasteiger partial charge in [-0.1, -0.05) is 17.7 Å². The van der Waals surface area contributed by atoms with Crippen LogP contribution < -0.4 is 4.90 Å². The average molecular weight is 298 g/mol. The summed E-state index contributed by atoms with van der Waals surface area (Å²) in [5, 5.41) is 0.576. The fourth-order valence-electron chi connectivity index (χ4n) is 1.81. The van der Waals surface area contributed by atoms with Crippen LogP contribution in [-0.2, 0) is 11.3 Å². The lowest BCUT2D eigenvalue weighted by Crippen LogP contribution is -2.31. The van der Waals surface area contributed by atoms with Crippen molar-refractivity contribution in [1.82, 2.24) is 0 Å². The van der Waals surface area contributed by atoms with Crippen molar-refractivity contribution in [3.05, 3.63) is 52.9 Å². The van der Waals surface area contributed by atoms with Crippen molar-refractivity contribution < 1.29 is 9.21 Å². The first-order valence-corrected chi connectivity index (χ1v) is 6.68. The molecule has 1 heterocycles. The van der Waals surface area contributed by atoms with Crippen LogP contribution in [0.4, 0.5) is 5.69 Å². The predicted molar refractivity (Wildman–Crippen MR) is 76.8 cm³/mol. The number of furan rings is 1. The molecule has 3 nitrogen and oxygen atoms in total. The minimum Gasteiger partial charge on any atom is -0.467 e. The van der Waals surface area contributed by atoms with Crippen molar-refractivity contribution in [2.45, 2.75) is 13.5 Å². The van der Waals surface area contributed by atoms with Gasteiger partial charge in [-0.05, 0) is 36.8 Å². The third-order valence-corrected chi connectivity index (χ3v) is 3.24.